The molecule has 3 aliphatic heterocycles. The zero-order valence-electron chi connectivity index (χ0n) is 13.4. The fourth-order valence-electron chi connectivity index (χ4n) is 1.12. The number of hydrogen-bond donors (Lipinski definition) is 0. The van der Waals surface area contributed by atoms with Crippen molar-refractivity contribution in [2.24, 2.45) is 0 Å². The van der Waals surface area contributed by atoms with E-state index in [4.69, 9.17) is 23.7 Å². The van der Waals surface area contributed by atoms with Gasteiger partial charge in [0.1, 0.15) is 24.9 Å². The Labute approximate surface area is 132 Å². The minimum absolute atomic E-state index is 0.142. The highest BCUT2D eigenvalue weighted by atomic mass is 16.6. The topological polar surface area (TPSA) is 73.1 Å². The molecular formula is C16H26O6. The maximum atomic E-state index is 10.7. The smallest absolute Gasteiger partial charge is 0.333 e. The van der Waals surface area contributed by atoms with Crippen molar-refractivity contribution in [3.05, 3.63) is 24.8 Å². The van der Waals surface area contributed by atoms with Crippen molar-refractivity contribution in [2.45, 2.75) is 32.2 Å². The molecule has 3 rings (SSSR count). The number of allylic oxidation sites excluding steroid dienone is 1. The molecular weight excluding hydrogens is 288 g/mol. The summed E-state index contributed by atoms with van der Waals surface area (Å²) in [5.74, 6) is -0.337. The van der Waals surface area contributed by atoms with Gasteiger partial charge in [0, 0.05) is 5.57 Å². The first-order chi connectivity index (χ1) is 10.6. The molecule has 6 heteroatoms. The molecule has 3 fully saturated rings. The molecule has 0 spiro atoms. The Morgan fingerprint density at radius 3 is 1.77 bits per heavy atom. The summed E-state index contributed by atoms with van der Waals surface area (Å²) in [5.41, 5.74) is 0.431. The minimum Gasteiger partial charge on any atom is -0.459 e. The molecule has 22 heavy (non-hydrogen) atoms. The van der Waals surface area contributed by atoms with Gasteiger partial charge in [0.25, 0.3) is 0 Å². The van der Waals surface area contributed by atoms with Gasteiger partial charge in [0.2, 0.25) is 0 Å². The highest BCUT2D eigenvalue weighted by Crippen LogP contribution is 2.12. The van der Waals surface area contributed by atoms with Gasteiger partial charge in [-0.2, -0.15) is 0 Å². The van der Waals surface area contributed by atoms with Gasteiger partial charge in [-0.25, -0.2) is 4.79 Å². The van der Waals surface area contributed by atoms with E-state index in [-0.39, 0.29) is 12.1 Å². The molecule has 3 unspecified atom stereocenters. The molecule has 0 aliphatic carbocycles. The van der Waals surface area contributed by atoms with Crippen molar-refractivity contribution in [3.63, 3.8) is 0 Å². The van der Waals surface area contributed by atoms with Crippen LogP contribution < -0.4 is 0 Å². The minimum atomic E-state index is -0.337. The molecule has 0 bridgehead atoms. The van der Waals surface area contributed by atoms with E-state index in [0.717, 1.165) is 26.4 Å². The summed E-state index contributed by atoms with van der Waals surface area (Å²) >= 11 is 0. The highest BCUT2D eigenvalue weighted by molar-refractivity contribution is 5.86. The maximum absolute atomic E-state index is 10.7. The van der Waals surface area contributed by atoms with E-state index < -0.39 is 0 Å². The molecule has 6 nitrogen and oxygen atoms in total. The zero-order chi connectivity index (χ0) is 16.4. The van der Waals surface area contributed by atoms with Crippen molar-refractivity contribution in [2.75, 3.05) is 39.6 Å². The van der Waals surface area contributed by atoms with Gasteiger partial charge in [-0.05, 0) is 13.8 Å². The molecule has 0 aromatic carbocycles. The third kappa shape index (κ3) is 11.4. The van der Waals surface area contributed by atoms with Crippen LogP contribution in [-0.2, 0) is 28.5 Å². The molecule has 3 saturated heterocycles. The van der Waals surface area contributed by atoms with Crippen LogP contribution in [0.3, 0.4) is 0 Å². The van der Waals surface area contributed by atoms with Crippen molar-refractivity contribution >= 4 is 5.97 Å². The van der Waals surface area contributed by atoms with Crippen LogP contribution in [0.1, 0.15) is 13.8 Å². The van der Waals surface area contributed by atoms with Gasteiger partial charge in [0.05, 0.1) is 33.0 Å². The molecule has 3 heterocycles. The van der Waals surface area contributed by atoms with Crippen molar-refractivity contribution in [3.8, 4) is 0 Å². The Bertz CT molecular complexity index is 344. The maximum Gasteiger partial charge on any atom is 0.333 e. The average molecular weight is 314 g/mol. The predicted molar refractivity (Wildman–Crippen MR) is 81.7 cm³/mol. The molecule has 0 radical (unpaired) electrons. The number of carbonyl (C=O) groups is 1. The largest absolute Gasteiger partial charge is 0.459 e. The van der Waals surface area contributed by atoms with E-state index in [9.17, 15) is 4.79 Å². The summed E-state index contributed by atoms with van der Waals surface area (Å²) in [5, 5.41) is 0. The number of esters is 1. The van der Waals surface area contributed by atoms with Crippen LogP contribution in [0.25, 0.3) is 0 Å². The lowest BCUT2D eigenvalue weighted by molar-refractivity contribution is -0.139. The van der Waals surface area contributed by atoms with Gasteiger partial charge in [0.15, 0.2) is 0 Å². The first-order valence-corrected chi connectivity index (χ1v) is 7.39. The van der Waals surface area contributed by atoms with Crippen LogP contribution in [-0.4, -0.2) is 63.9 Å². The van der Waals surface area contributed by atoms with Crippen LogP contribution in [0.15, 0.2) is 24.8 Å². The van der Waals surface area contributed by atoms with Crippen LogP contribution in [0.2, 0.25) is 0 Å². The quantitative estimate of drug-likeness (QED) is 0.307. The SMILES string of the molecule is C(OCC1CO1)C1CO1.C=C(C)C(=O)OCC1CO1.C=CC. The Morgan fingerprint density at radius 2 is 1.45 bits per heavy atom. The zero-order valence-corrected chi connectivity index (χ0v) is 13.4. The van der Waals surface area contributed by atoms with Gasteiger partial charge < -0.3 is 23.7 Å². The lowest BCUT2D eigenvalue weighted by Crippen LogP contribution is -2.09. The third-order valence-corrected chi connectivity index (χ3v) is 2.56. The first kappa shape index (κ1) is 18.8. The van der Waals surface area contributed by atoms with E-state index in [0.29, 0.717) is 31.0 Å². The number of carbonyl (C=O) groups excluding carboxylic acids is 1. The summed E-state index contributed by atoms with van der Waals surface area (Å²) in [4.78, 5) is 10.7. The second kappa shape index (κ2) is 10.5. The van der Waals surface area contributed by atoms with Crippen molar-refractivity contribution in [1.29, 1.82) is 0 Å². The van der Waals surface area contributed by atoms with Crippen LogP contribution in [0, 0.1) is 0 Å². The second-order valence-electron chi connectivity index (χ2n) is 5.19. The summed E-state index contributed by atoms with van der Waals surface area (Å²) in [6.07, 6.45) is 2.68. The van der Waals surface area contributed by atoms with Gasteiger partial charge in [-0.15, -0.1) is 6.58 Å². The second-order valence-corrected chi connectivity index (χ2v) is 5.19. The van der Waals surface area contributed by atoms with Gasteiger partial charge >= 0.3 is 5.97 Å². The Kier molecular flexibility index (Phi) is 9.00. The summed E-state index contributed by atoms with van der Waals surface area (Å²) < 4.78 is 24.7. The molecule has 3 atom stereocenters. The number of ether oxygens (including phenoxy) is 5. The summed E-state index contributed by atoms with van der Waals surface area (Å²) in [6, 6.07) is 0. The highest BCUT2D eigenvalue weighted by Gasteiger charge is 2.26. The van der Waals surface area contributed by atoms with E-state index in [1.165, 1.54) is 0 Å². The Hall–Kier alpha value is -1.21. The van der Waals surface area contributed by atoms with E-state index in [2.05, 4.69) is 13.2 Å². The predicted octanol–water partition coefficient (Wildman–Crippen LogP) is 1.50. The molecule has 0 aromatic rings. The monoisotopic (exact) mass is 314 g/mol. The fourth-order valence-corrected chi connectivity index (χ4v) is 1.12. The normalized spacial score (nSPS) is 26.4. The Balaban J connectivity index is 0.000000188. The summed E-state index contributed by atoms with van der Waals surface area (Å²) in [6.45, 7) is 14.6. The molecule has 0 saturated carbocycles. The fraction of sp³-hybridized carbons (Fsp3) is 0.688. The van der Waals surface area contributed by atoms with E-state index in [1.807, 2.05) is 6.92 Å². The van der Waals surface area contributed by atoms with E-state index >= 15 is 0 Å². The van der Waals surface area contributed by atoms with Crippen molar-refractivity contribution < 1.29 is 28.5 Å². The van der Waals surface area contributed by atoms with Gasteiger partial charge in [-0.3, -0.25) is 0 Å². The average Bonchev–Trinajstić information content (AvgIpc) is 3.33. The number of epoxide rings is 3. The molecule has 0 N–H and O–H groups in total. The van der Waals surface area contributed by atoms with Crippen LogP contribution in [0.5, 0.6) is 0 Å². The number of rotatable bonds is 7. The molecule has 3 aliphatic rings. The standard InChI is InChI=1S/C7H10O3.C6H10O3.C3H6/c1-5(2)7(8)10-4-6-3-9-6;1(5-3-8-5)7-2-6-4-9-6;1-3-2/h6H,1,3-4H2,2H3;5-6H,1-4H2;3H,1H2,2H3. The third-order valence-electron chi connectivity index (χ3n) is 2.56. The van der Waals surface area contributed by atoms with Crippen LogP contribution in [0.4, 0.5) is 0 Å². The summed E-state index contributed by atoms with van der Waals surface area (Å²) in [7, 11) is 0. The lowest BCUT2D eigenvalue weighted by atomic mass is 10.4. The molecule has 126 valence electrons. The Morgan fingerprint density at radius 1 is 1.09 bits per heavy atom. The van der Waals surface area contributed by atoms with Crippen LogP contribution >= 0.6 is 0 Å². The molecule has 0 aromatic heterocycles. The first-order valence-electron chi connectivity index (χ1n) is 7.39. The van der Waals surface area contributed by atoms with Gasteiger partial charge in [-0.1, -0.05) is 12.7 Å². The number of hydrogen-bond acceptors (Lipinski definition) is 6. The lowest BCUT2D eigenvalue weighted by Gasteiger charge is -1.99. The molecule has 0 amide bonds. The van der Waals surface area contributed by atoms with Crippen molar-refractivity contribution in [1.82, 2.24) is 0 Å². The van der Waals surface area contributed by atoms with E-state index in [1.54, 1.807) is 13.0 Å².